The monoisotopic (exact) mass is 392 g/mol. The number of aryl methyl sites for hydroxylation is 1. The Morgan fingerprint density at radius 2 is 1.82 bits per heavy atom. The molecule has 0 bridgehead atoms. The van der Waals surface area contributed by atoms with Crippen LogP contribution in [0.2, 0.25) is 5.02 Å². The van der Waals surface area contributed by atoms with E-state index in [2.05, 4.69) is 52.7 Å². The number of fused-ring (bicyclic) bond motifs is 1. The molecule has 3 aromatic rings. The van der Waals surface area contributed by atoms with Crippen LogP contribution in [0.25, 0.3) is 10.8 Å². The third-order valence-electron chi connectivity index (χ3n) is 5.68. The maximum absolute atomic E-state index is 12.7. The minimum absolute atomic E-state index is 0.0684. The molecule has 0 spiro atoms. The van der Waals surface area contributed by atoms with Crippen LogP contribution < -0.4 is 5.32 Å². The second kappa shape index (κ2) is 8.34. The molecule has 4 heteroatoms. The molecule has 1 N–H and O–H groups in total. The summed E-state index contributed by atoms with van der Waals surface area (Å²) >= 11 is 6.00. The normalized spacial score (nSPS) is 15.6. The third-order valence-corrected chi connectivity index (χ3v) is 5.91. The first kappa shape index (κ1) is 19.0. The van der Waals surface area contributed by atoms with Gasteiger partial charge in [0.15, 0.2) is 0 Å². The molecule has 144 valence electrons. The lowest BCUT2D eigenvalue weighted by atomic mass is 9.95. The van der Waals surface area contributed by atoms with E-state index < -0.39 is 0 Å². The average Bonchev–Trinajstić information content (AvgIpc) is 2.71. The summed E-state index contributed by atoms with van der Waals surface area (Å²) in [6.07, 6.45) is 1.78. The van der Waals surface area contributed by atoms with E-state index in [1.54, 1.807) is 0 Å². The zero-order chi connectivity index (χ0) is 19.5. The summed E-state index contributed by atoms with van der Waals surface area (Å²) < 4.78 is 0. The number of likely N-dealkylation sites (tertiary alicyclic amines) is 1. The molecule has 1 aliphatic rings. The van der Waals surface area contributed by atoms with Crippen molar-refractivity contribution in [3.63, 3.8) is 0 Å². The highest BCUT2D eigenvalue weighted by molar-refractivity contribution is 6.30. The predicted octanol–water partition coefficient (Wildman–Crippen LogP) is 5.65. The molecular weight excluding hydrogens is 368 g/mol. The minimum Gasteiger partial charge on any atom is -0.326 e. The van der Waals surface area contributed by atoms with E-state index in [0.717, 1.165) is 43.7 Å². The van der Waals surface area contributed by atoms with Crippen molar-refractivity contribution >= 4 is 34.0 Å². The first-order valence-electron chi connectivity index (χ1n) is 9.86. The lowest BCUT2D eigenvalue weighted by Gasteiger charge is -2.31. The molecule has 0 aromatic heterocycles. The van der Waals surface area contributed by atoms with Crippen LogP contribution in [-0.2, 0) is 11.3 Å². The Bertz CT molecular complexity index is 988. The molecule has 1 aliphatic heterocycles. The van der Waals surface area contributed by atoms with Crippen LogP contribution in [0.5, 0.6) is 0 Å². The van der Waals surface area contributed by atoms with Crippen LogP contribution in [0.1, 0.15) is 24.0 Å². The summed E-state index contributed by atoms with van der Waals surface area (Å²) in [5.74, 6) is 0.189. The van der Waals surface area contributed by atoms with E-state index in [0.29, 0.717) is 5.02 Å². The number of hydrogen-bond donors (Lipinski definition) is 1. The highest BCUT2D eigenvalue weighted by atomic mass is 35.5. The van der Waals surface area contributed by atoms with Gasteiger partial charge in [0.25, 0.3) is 0 Å². The number of nitrogens with zero attached hydrogens (tertiary/aromatic N) is 1. The van der Waals surface area contributed by atoms with E-state index >= 15 is 0 Å². The Hall–Kier alpha value is -2.36. The molecule has 1 heterocycles. The second-order valence-corrected chi connectivity index (χ2v) is 8.07. The van der Waals surface area contributed by atoms with Crippen LogP contribution in [0.15, 0.2) is 60.7 Å². The fraction of sp³-hybridized carbons (Fsp3) is 0.292. The van der Waals surface area contributed by atoms with Crippen LogP contribution in [-0.4, -0.2) is 23.9 Å². The topological polar surface area (TPSA) is 32.3 Å². The van der Waals surface area contributed by atoms with Crippen LogP contribution in [0, 0.1) is 12.8 Å². The Morgan fingerprint density at radius 3 is 2.61 bits per heavy atom. The molecule has 0 aliphatic carbocycles. The fourth-order valence-corrected chi connectivity index (χ4v) is 4.25. The van der Waals surface area contributed by atoms with E-state index in [9.17, 15) is 4.79 Å². The Balaban J connectivity index is 1.36. The number of benzene rings is 3. The largest absolute Gasteiger partial charge is 0.326 e. The standard InChI is InChI=1S/C24H25ClN2O/c1-17-15-21(25)9-10-23(17)26-24(28)19-11-13-27(14-12-19)16-20-7-4-6-18-5-2-3-8-22(18)20/h2-10,15,19H,11-14,16H2,1H3,(H,26,28). The van der Waals surface area contributed by atoms with E-state index in [1.165, 1.54) is 16.3 Å². The molecule has 28 heavy (non-hydrogen) atoms. The predicted molar refractivity (Wildman–Crippen MR) is 117 cm³/mol. The molecular formula is C24H25ClN2O. The zero-order valence-electron chi connectivity index (χ0n) is 16.1. The maximum Gasteiger partial charge on any atom is 0.227 e. The van der Waals surface area contributed by atoms with Crippen molar-refractivity contribution in [2.75, 3.05) is 18.4 Å². The number of anilines is 1. The quantitative estimate of drug-likeness (QED) is 0.622. The zero-order valence-corrected chi connectivity index (χ0v) is 16.9. The van der Waals surface area contributed by atoms with Crippen LogP contribution in [0.4, 0.5) is 5.69 Å². The van der Waals surface area contributed by atoms with Gasteiger partial charge in [0.05, 0.1) is 0 Å². The lowest BCUT2D eigenvalue weighted by molar-refractivity contribution is -0.121. The number of piperidine rings is 1. The van der Waals surface area contributed by atoms with Gasteiger partial charge in [0, 0.05) is 23.2 Å². The average molecular weight is 393 g/mol. The molecule has 0 radical (unpaired) electrons. The van der Waals surface area contributed by atoms with Crippen molar-refractivity contribution in [1.29, 1.82) is 0 Å². The van der Waals surface area contributed by atoms with Gasteiger partial charge in [-0.25, -0.2) is 0 Å². The molecule has 1 amide bonds. The molecule has 3 aromatic carbocycles. The molecule has 1 fully saturated rings. The SMILES string of the molecule is Cc1cc(Cl)ccc1NC(=O)C1CCN(Cc2cccc3ccccc23)CC1. The van der Waals surface area contributed by atoms with Crippen LogP contribution in [0.3, 0.4) is 0 Å². The van der Waals surface area contributed by atoms with Gasteiger partial charge in [-0.2, -0.15) is 0 Å². The Kier molecular flexibility index (Phi) is 5.65. The fourth-order valence-electron chi connectivity index (χ4n) is 4.03. The second-order valence-electron chi connectivity index (χ2n) is 7.64. The molecule has 0 saturated carbocycles. The number of hydrogen-bond acceptors (Lipinski definition) is 2. The van der Waals surface area contributed by atoms with Gasteiger partial charge in [-0.1, -0.05) is 54.1 Å². The van der Waals surface area contributed by atoms with Gasteiger partial charge in [0.1, 0.15) is 0 Å². The number of halogens is 1. The van der Waals surface area contributed by atoms with Crippen molar-refractivity contribution in [1.82, 2.24) is 4.90 Å². The number of nitrogens with one attached hydrogen (secondary N) is 1. The van der Waals surface area contributed by atoms with Gasteiger partial charge in [-0.15, -0.1) is 0 Å². The molecule has 3 nitrogen and oxygen atoms in total. The summed E-state index contributed by atoms with van der Waals surface area (Å²) in [6, 6.07) is 20.6. The van der Waals surface area contributed by atoms with Crippen molar-refractivity contribution < 1.29 is 4.79 Å². The number of amides is 1. The van der Waals surface area contributed by atoms with Crippen molar-refractivity contribution in [3.8, 4) is 0 Å². The Labute approximate surface area is 171 Å². The van der Waals surface area contributed by atoms with Crippen molar-refractivity contribution in [2.45, 2.75) is 26.3 Å². The first-order valence-corrected chi connectivity index (χ1v) is 10.2. The van der Waals surface area contributed by atoms with Gasteiger partial charge >= 0.3 is 0 Å². The maximum atomic E-state index is 12.7. The first-order chi connectivity index (χ1) is 13.6. The molecule has 4 rings (SSSR count). The smallest absolute Gasteiger partial charge is 0.227 e. The van der Waals surface area contributed by atoms with Crippen molar-refractivity contribution in [3.05, 3.63) is 76.8 Å². The number of rotatable bonds is 4. The van der Waals surface area contributed by atoms with Gasteiger partial charge in [-0.05, 0) is 73.0 Å². The van der Waals surface area contributed by atoms with Gasteiger partial charge < -0.3 is 5.32 Å². The van der Waals surface area contributed by atoms with E-state index in [4.69, 9.17) is 11.6 Å². The van der Waals surface area contributed by atoms with E-state index in [-0.39, 0.29) is 11.8 Å². The highest BCUT2D eigenvalue weighted by Crippen LogP contribution is 2.25. The number of carbonyl (C=O) groups is 1. The van der Waals surface area contributed by atoms with Crippen LogP contribution >= 0.6 is 11.6 Å². The summed E-state index contributed by atoms with van der Waals surface area (Å²) in [5, 5.41) is 6.38. The summed E-state index contributed by atoms with van der Waals surface area (Å²) in [7, 11) is 0. The van der Waals surface area contributed by atoms with Crippen molar-refractivity contribution in [2.24, 2.45) is 5.92 Å². The Morgan fingerprint density at radius 1 is 1.07 bits per heavy atom. The summed E-state index contributed by atoms with van der Waals surface area (Å²) in [4.78, 5) is 15.1. The van der Waals surface area contributed by atoms with Gasteiger partial charge in [-0.3, -0.25) is 9.69 Å². The molecule has 1 saturated heterocycles. The third kappa shape index (κ3) is 4.21. The lowest BCUT2D eigenvalue weighted by Crippen LogP contribution is -2.37. The highest BCUT2D eigenvalue weighted by Gasteiger charge is 2.25. The van der Waals surface area contributed by atoms with E-state index in [1.807, 2.05) is 25.1 Å². The summed E-state index contributed by atoms with van der Waals surface area (Å²) in [5.41, 5.74) is 3.21. The molecule has 0 atom stereocenters. The number of carbonyl (C=O) groups excluding carboxylic acids is 1. The summed E-state index contributed by atoms with van der Waals surface area (Å²) in [6.45, 7) is 4.79. The minimum atomic E-state index is 0.0684. The molecule has 0 unspecified atom stereocenters. The van der Waals surface area contributed by atoms with Gasteiger partial charge in [0.2, 0.25) is 5.91 Å².